The number of fused-ring (bicyclic) bond motifs is 1. The lowest BCUT2D eigenvalue weighted by atomic mass is 9.91. The van der Waals surface area contributed by atoms with E-state index in [1.165, 1.54) is 6.33 Å². The number of aromatic nitrogens is 2. The molecule has 1 aliphatic heterocycles. The lowest BCUT2D eigenvalue weighted by molar-refractivity contribution is 0.174. The summed E-state index contributed by atoms with van der Waals surface area (Å²) >= 11 is 12.6. The SMILES string of the molecule is Cc1cc(C(C#N)c2ccc(Cl)cc2)c(Cl)cc1Nc1ncnc(NCc2ccc3c(c2)OCO3)c1N. The van der Waals surface area contributed by atoms with Crippen molar-refractivity contribution in [1.29, 1.82) is 5.26 Å². The van der Waals surface area contributed by atoms with E-state index in [0.717, 1.165) is 22.4 Å². The molecule has 0 bridgehead atoms. The van der Waals surface area contributed by atoms with Crippen LogP contribution in [0.2, 0.25) is 10.0 Å². The van der Waals surface area contributed by atoms with Crippen LogP contribution in [-0.4, -0.2) is 16.8 Å². The molecule has 0 radical (unpaired) electrons. The molecule has 4 aromatic rings. The average molecular weight is 533 g/mol. The molecule has 10 heteroatoms. The number of hydrogen-bond donors (Lipinski definition) is 3. The molecule has 0 saturated carbocycles. The number of ether oxygens (including phenoxy) is 2. The number of nitrogens with two attached hydrogens (primary N) is 1. The van der Waals surface area contributed by atoms with Gasteiger partial charge >= 0.3 is 0 Å². The summed E-state index contributed by atoms with van der Waals surface area (Å²) in [5.74, 6) is 1.83. The van der Waals surface area contributed by atoms with Crippen LogP contribution in [0.4, 0.5) is 23.0 Å². The minimum atomic E-state index is -0.534. The summed E-state index contributed by atoms with van der Waals surface area (Å²) in [7, 11) is 0. The van der Waals surface area contributed by atoms with Crippen LogP contribution in [-0.2, 0) is 6.54 Å². The predicted octanol–water partition coefficient (Wildman–Crippen LogP) is 6.41. The van der Waals surface area contributed by atoms with Gasteiger partial charge in [0, 0.05) is 22.3 Å². The third-order valence-electron chi connectivity index (χ3n) is 6.02. The second-order valence-corrected chi connectivity index (χ2v) is 9.30. The van der Waals surface area contributed by atoms with Crippen LogP contribution in [0.15, 0.2) is 60.9 Å². The molecule has 186 valence electrons. The van der Waals surface area contributed by atoms with Gasteiger partial charge in [-0.25, -0.2) is 9.97 Å². The van der Waals surface area contributed by atoms with Gasteiger partial charge in [0.2, 0.25) is 6.79 Å². The Labute approximate surface area is 224 Å². The third kappa shape index (κ3) is 5.19. The minimum absolute atomic E-state index is 0.225. The topological polar surface area (TPSA) is 118 Å². The summed E-state index contributed by atoms with van der Waals surface area (Å²) in [4.78, 5) is 8.59. The largest absolute Gasteiger partial charge is 0.454 e. The zero-order valence-electron chi connectivity index (χ0n) is 19.8. The van der Waals surface area contributed by atoms with Gasteiger partial charge in [0.1, 0.15) is 12.0 Å². The van der Waals surface area contributed by atoms with Crippen molar-refractivity contribution in [1.82, 2.24) is 9.97 Å². The fraction of sp³-hybridized carbons (Fsp3) is 0.148. The van der Waals surface area contributed by atoms with Gasteiger partial charge in [0.25, 0.3) is 0 Å². The highest BCUT2D eigenvalue weighted by Gasteiger charge is 2.19. The zero-order valence-corrected chi connectivity index (χ0v) is 21.3. The number of nitrogens with one attached hydrogen (secondary N) is 2. The Morgan fingerprint density at radius 1 is 1.03 bits per heavy atom. The maximum atomic E-state index is 9.86. The summed E-state index contributed by atoms with van der Waals surface area (Å²) in [6, 6.07) is 18.9. The fourth-order valence-electron chi connectivity index (χ4n) is 4.04. The molecule has 0 fully saturated rings. The molecule has 1 unspecified atom stereocenters. The average Bonchev–Trinajstić information content (AvgIpc) is 3.37. The first kappa shape index (κ1) is 24.5. The molecule has 37 heavy (non-hydrogen) atoms. The second kappa shape index (κ2) is 10.4. The standard InChI is InChI=1S/C27H22Cl2N6O2/c1-15-8-19(20(11-30)17-3-5-18(28)6-4-17)21(29)10-22(15)35-27-25(31)26(33-13-34-27)32-12-16-2-7-23-24(9-16)37-14-36-23/h2-10,13,20H,12,14,31H2,1H3,(H2,32,33,34,35). The van der Waals surface area contributed by atoms with Crippen molar-refractivity contribution in [3.8, 4) is 17.6 Å². The van der Waals surface area contributed by atoms with Crippen molar-refractivity contribution in [2.24, 2.45) is 0 Å². The molecular weight excluding hydrogens is 511 g/mol. The highest BCUT2D eigenvalue weighted by Crippen LogP contribution is 2.36. The van der Waals surface area contributed by atoms with E-state index in [0.29, 0.717) is 50.9 Å². The number of hydrogen-bond acceptors (Lipinski definition) is 8. The molecule has 4 N–H and O–H groups in total. The van der Waals surface area contributed by atoms with Crippen molar-refractivity contribution >= 4 is 46.2 Å². The molecule has 8 nitrogen and oxygen atoms in total. The second-order valence-electron chi connectivity index (χ2n) is 8.45. The fourth-order valence-corrected chi connectivity index (χ4v) is 4.44. The number of anilines is 4. The first-order valence-electron chi connectivity index (χ1n) is 11.4. The molecule has 1 aromatic heterocycles. The molecule has 0 spiro atoms. The van der Waals surface area contributed by atoms with E-state index in [2.05, 4.69) is 26.7 Å². The Bertz CT molecular complexity index is 1500. The van der Waals surface area contributed by atoms with Gasteiger partial charge in [-0.15, -0.1) is 0 Å². The Hall–Kier alpha value is -4.19. The van der Waals surface area contributed by atoms with Crippen LogP contribution in [0, 0.1) is 18.3 Å². The van der Waals surface area contributed by atoms with Crippen LogP contribution in [0.5, 0.6) is 11.5 Å². The Kier molecular flexibility index (Phi) is 6.91. The number of halogens is 2. The van der Waals surface area contributed by atoms with Gasteiger partial charge in [-0.2, -0.15) is 5.26 Å². The first-order chi connectivity index (χ1) is 17.9. The van der Waals surface area contributed by atoms with Crippen molar-refractivity contribution < 1.29 is 9.47 Å². The van der Waals surface area contributed by atoms with E-state index >= 15 is 0 Å². The highest BCUT2D eigenvalue weighted by atomic mass is 35.5. The van der Waals surface area contributed by atoms with Crippen LogP contribution in [0.25, 0.3) is 0 Å². The third-order valence-corrected chi connectivity index (χ3v) is 6.60. The monoisotopic (exact) mass is 532 g/mol. The summed E-state index contributed by atoms with van der Waals surface area (Å²) in [5, 5.41) is 17.4. The van der Waals surface area contributed by atoms with Crippen molar-refractivity contribution in [3.63, 3.8) is 0 Å². The molecule has 0 saturated heterocycles. The van der Waals surface area contributed by atoms with Crippen molar-refractivity contribution in [2.45, 2.75) is 19.4 Å². The number of aryl methyl sites for hydroxylation is 1. The summed E-state index contributed by atoms with van der Waals surface area (Å²) in [6.45, 7) is 2.63. The number of nitriles is 1. The van der Waals surface area contributed by atoms with Gasteiger partial charge in [0.15, 0.2) is 23.1 Å². The molecular formula is C27H22Cl2N6O2. The maximum Gasteiger partial charge on any atom is 0.231 e. The smallest absolute Gasteiger partial charge is 0.231 e. The summed E-state index contributed by atoms with van der Waals surface area (Å²) < 4.78 is 10.8. The number of rotatable bonds is 7. The number of benzene rings is 3. The summed E-state index contributed by atoms with van der Waals surface area (Å²) in [5.41, 5.74) is 10.8. The zero-order chi connectivity index (χ0) is 25.9. The molecule has 2 heterocycles. The summed E-state index contributed by atoms with van der Waals surface area (Å²) in [6.07, 6.45) is 1.43. The van der Waals surface area contributed by atoms with E-state index in [1.54, 1.807) is 18.2 Å². The number of nitrogens with zero attached hydrogens (tertiary/aromatic N) is 3. The van der Waals surface area contributed by atoms with Crippen LogP contribution in [0.3, 0.4) is 0 Å². The van der Waals surface area contributed by atoms with Gasteiger partial charge in [-0.3, -0.25) is 0 Å². The van der Waals surface area contributed by atoms with Gasteiger partial charge in [-0.1, -0.05) is 47.5 Å². The highest BCUT2D eigenvalue weighted by molar-refractivity contribution is 6.32. The van der Waals surface area contributed by atoms with E-state index in [1.807, 2.05) is 43.3 Å². The predicted molar refractivity (Wildman–Crippen MR) is 145 cm³/mol. The minimum Gasteiger partial charge on any atom is -0.454 e. The lowest BCUT2D eigenvalue weighted by Crippen LogP contribution is -2.09. The van der Waals surface area contributed by atoms with Gasteiger partial charge in [-0.05, 0) is 59.5 Å². The van der Waals surface area contributed by atoms with Crippen LogP contribution >= 0.6 is 23.2 Å². The van der Waals surface area contributed by atoms with Crippen molar-refractivity contribution in [3.05, 3.63) is 93.2 Å². The van der Waals surface area contributed by atoms with E-state index in [-0.39, 0.29) is 6.79 Å². The van der Waals surface area contributed by atoms with Gasteiger partial charge in [0.05, 0.1) is 12.0 Å². The van der Waals surface area contributed by atoms with Gasteiger partial charge < -0.3 is 25.8 Å². The lowest BCUT2D eigenvalue weighted by Gasteiger charge is -2.17. The molecule has 3 aromatic carbocycles. The van der Waals surface area contributed by atoms with E-state index < -0.39 is 5.92 Å². The maximum absolute atomic E-state index is 9.86. The van der Waals surface area contributed by atoms with E-state index in [9.17, 15) is 5.26 Å². The molecule has 0 amide bonds. The van der Waals surface area contributed by atoms with Crippen molar-refractivity contribution in [2.75, 3.05) is 23.2 Å². The van der Waals surface area contributed by atoms with E-state index in [4.69, 9.17) is 38.4 Å². The molecule has 5 rings (SSSR count). The Morgan fingerprint density at radius 3 is 2.57 bits per heavy atom. The normalized spacial score (nSPS) is 12.6. The first-order valence-corrected chi connectivity index (χ1v) is 12.1. The quantitative estimate of drug-likeness (QED) is 0.249. The van der Waals surface area contributed by atoms with Crippen LogP contribution < -0.4 is 25.8 Å². The Morgan fingerprint density at radius 2 is 1.78 bits per heavy atom. The number of nitrogen functional groups attached to an aromatic ring is 1. The Balaban J connectivity index is 1.35. The molecule has 1 atom stereocenters. The van der Waals surface area contributed by atoms with Crippen LogP contribution in [0.1, 0.15) is 28.2 Å². The molecule has 1 aliphatic rings. The molecule has 0 aliphatic carbocycles.